The first kappa shape index (κ1) is 22.9. The molecule has 0 N–H and O–H groups in total. The van der Waals surface area contributed by atoms with Crippen molar-refractivity contribution in [3.63, 3.8) is 0 Å². The average Bonchev–Trinajstić information content (AvgIpc) is 3.48. The molecule has 2 aliphatic rings. The van der Waals surface area contributed by atoms with Crippen LogP contribution >= 0.6 is 0 Å². The third kappa shape index (κ3) is 3.44. The van der Waals surface area contributed by atoms with Gasteiger partial charge in [-0.15, -0.1) is 0 Å². The monoisotopic (exact) mass is 515 g/mol. The van der Waals surface area contributed by atoms with Crippen LogP contribution in [-0.2, 0) is 11.8 Å². The van der Waals surface area contributed by atoms with Gasteiger partial charge in [-0.3, -0.25) is 9.97 Å². The van der Waals surface area contributed by atoms with Gasteiger partial charge in [0.15, 0.2) is 17.5 Å². The molecule has 0 radical (unpaired) electrons. The van der Waals surface area contributed by atoms with Gasteiger partial charge >= 0.3 is 0 Å². The summed E-state index contributed by atoms with van der Waals surface area (Å²) >= 11 is 0. The van der Waals surface area contributed by atoms with Crippen LogP contribution < -0.4 is 0 Å². The number of rotatable bonds is 3. The molecule has 6 aromatic rings. The van der Waals surface area contributed by atoms with Crippen LogP contribution in [0.2, 0.25) is 0 Å². The maximum atomic E-state index is 4.87. The van der Waals surface area contributed by atoms with Gasteiger partial charge in [0, 0.05) is 23.4 Å². The van der Waals surface area contributed by atoms with Gasteiger partial charge in [-0.05, 0) is 87.3 Å². The Morgan fingerprint density at radius 2 is 1.18 bits per heavy atom. The standard InChI is InChI=1S/C35H25N5/c1-35(2)28-10-4-3-9-24(28)27-20-26-23(19-29(27)35)17-21-13-14-22(18-25(21)26)32-38-33(30-11-5-7-15-36-30)40-34(39-32)31-12-6-8-16-37-31/h3-16,18-20H,17H2,1-2H3. The third-order valence-electron chi connectivity index (χ3n) is 8.27. The lowest BCUT2D eigenvalue weighted by molar-refractivity contribution is 0.659. The van der Waals surface area contributed by atoms with Gasteiger partial charge in [-0.25, -0.2) is 15.0 Å². The lowest BCUT2D eigenvalue weighted by Crippen LogP contribution is -2.15. The number of hydrogen-bond donors (Lipinski definition) is 0. The minimum atomic E-state index is -0.00444. The summed E-state index contributed by atoms with van der Waals surface area (Å²) in [7, 11) is 0. The first-order chi connectivity index (χ1) is 19.6. The predicted octanol–water partition coefficient (Wildman–Crippen LogP) is 7.54. The summed E-state index contributed by atoms with van der Waals surface area (Å²) < 4.78 is 0. The summed E-state index contributed by atoms with van der Waals surface area (Å²) in [5, 5.41) is 0. The van der Waals surface area contributed by atoms with Crippen molar-refractivity contribution >= 4 is 0 Å². The molecular formula is C35H25N5. The largest absolute Gasteiger partial charge is 0.253 e. The van der Waals surface area contributed by atoms with Crippen molar-refractivity contribution in [2.75, 3.05) is 0 Å². The van der Waals surface area contributed by atoms with Crippen molar-refractivity contribution in [2.24, 2.45) is 0 Å². The fourth-order valence-corrected chi connectivity index (χ4v) is 6.24. The minimum Gasteiger partial charge on any atom is -0.253 e. The zero-order valence-electron chi connectivity index (χ0n) is 22.3. The van der Waals surface area contributed by atoms with Crippen molar-refractivity contribution in [1.82, 2.24) is 24.9 Å². The van der Waals surface area contributed by atoms with Gasteiger partial charge in [0.25, 0.3) is 0 Å². The number of fused-ring (bicyclic) bond motifs is 6. The summed E-state index contributed by atoms with van der Waals surface area (Å²) in [4.78, 5) is 23.5. The maximum Gasteiger partial charge on any atom is 0.182 e. The number of benzene rings is 3. The SMILES string of the molecule is CC1(C)c2ccccc2-c2cc3c(cc21)Cc1ccc(-c2nc(-c4ccccn4)nc(-c4ccccn4)n2)cc1-3. The van der Waals surface area contributed by atoms with Crippen LogP contribution in [0.1, 0.15) is 36.1 Å². The predicted molar refractivity (Wildman–Crippen MR) is 158 cm³/mol. The van der Waals surface area contributed by atoms with Crippen LogP contribution in [0.25, 0.3) is 56.7 Å². The zero-order chi connectivity index (χ0) is 26.8. The van der Waals surface area contributed by atoms with Crippen molar-refractivity contribution in [2.45, 2.75) is 25.7 Å². The molecular weight excluding hydrogens is 490 g/mol. The molecule has 2 aliphatic carbocycles. The Hall–Kier alpha value is -5.03. The lowest BCUT2D eigenvalue weighted by atomic mass is 9.81. The van der Waals surface area contributed by atoms with Gasteiger partial charge in [-0.2, -0.15) is 0 Å². The van der Waals surface area contributed by atoms with Crippen molar-refractivity contribution in [3.05, 3.63) is 126 Å². The molecule has 190 valence electrons. The van der Waals surface area contributed by atoms with Crippen molar-refractivity contribution in [1.29, 1.82) is 0 Å². The van der Waals surface area contributed by atoms with Crippen LogP contribution in [0.3, 0.4) is 0 Å². The molecule has 0 spiro atoms. The van der Waals surface area contributed by atoms with E-state index >= 15 is 0 Å². The highest BCUT2D eigenvalue weighted by Gasteiger charge is 2.37. The number of hydrogen-bond acceptors (Lipinski definition) is 5. The Morgan fingerprint density at radius 3 is 1.88 bits per heavy atom. The minimum absolute atomic E-state index is 0.00444. The Kier molecular flexibility index (Phi) is 4.86. The van der Waals surface area contributed by atoms with Crippen LogP contribution in [-0.4, -0.2) is 24.9 Å². The summed E-state index contributed by atoms with van der Waals surface area (Å²) in [5.74, 6) is 1.67. The quantitative estimate of drug-likeness (QED) is 0.243. The average molecular weight is 516 g/mol. The molecule has 40 heavy (non-hydrogen) atoms. The van der Waals surface area contributed by atoms with Gasteiger partial charge in [-0.1, -0.05) is 68.4 Å². The summed E-state index contributed by atoms with van der Waals surface area (Å²) in [6.45, 7) is 4.67. The topological polar surface area (TPSA) is 64.5 Å². The van der Waals surface area contributed by atoms with E-state index in [1.54, 1.807) is 12.4 Å². The second-order valence-corrected chi connectivity index (χ2v) is 11.0. The molecule has 5 heteroatoms. The molecule has 3 heterocycles. The van der Waals surface area contributed by atoms with E-state index in [4.69, 9.17) is 15.0 Å². The molecule has 3 aromatic heterocycles. The Morgan fingerprint density at radius 1 is 0.525 bits per heavy atom. The highest BCUT2D eigenvalue weighted by atomic mass is 15.1. The summed E-state index contributed by atoms with van der Waals surface area (Å²) in [6, 6.07) is 31.7. The maximum absolute atomic E-state index is 4.87. The van der Waals surface area contributed by atoms with Crippen LogP contribution in [0.5, 0.6) is 0 Å². The lowest BCUT2D eigenvalue weighted by Gasteiger charge is -2.22. The van der Waals surface area contributed by atoms with E-state index in [2.05, 4.69) is 78.4 Å². The van der Waals surface area contributed by atoms with E-state index in [9.17, 15) is 0 Å². The van der Waals surface area contributed by atoms with Crippen LogP contribution in [0.4, 0.5) is 0 Å². The molecule has 0 fully saturated rings. The summed E-state index contributed by atoms with van der Waals surface area (Å²) in [6.07, 6.45) is 4.44. The van der Waals surface area contributed by atoms with Crippen molar-refractivity contribution < 1.29 is 0 Å². The molecule has 0 atom stereocenters. The highest BCUT2D eigenvalue weighted by Crippen LogP contribution is 2.52. The van der Waals surface area contributed by atoms with E-state index in [1.165, 1.54) is 44.5 Å². The molecule has 0 amide bonds. The van der Waals surface area contributed by atoms with Crippen molar-refractivity contribution in [3.8, 4) is 56.7 Å². The summed E-state index contributed by atoms with van der Waals surface area (Å²) in [5.41, 5.74) is 13.1. The third-order valence-corrected chi connectivity index (χ3v) is 8.27. The Balaban J connectivity index is 1.28. The molecule has 0 unspecified atom stereocenters. The fraction of sp³-hybridized carbons (Fsp3) is 0.114. The normalized spacial score (nSPS) is 13.8. The van der Waals surface area contributed by atoms with Gasteiger partial charge in [0.1, 0.15) is 11.4 Å². The molecule has 0 bridgehead atoms. The first-order valence-corrected chi connectivity index (χ1v) is 13.6. The molecule has 0 aliphatic heterocycles. The second kappa shape index (κ2) is 8.48. The number of aromatic nitrogens is 5. The fourth-order valence-electron chi connectivity index (χ4n) is 6.24. The molecule has 8 rings (SSSR count). The highest BCUT2D eigenvalue weighted by molar-refractivity contribution is 5.89. The van der Waals surface area contributed by atoms with E-state index in [-0.39, 0.29) is 5.41 Å². The second-order valence-electron chi connectivity index (χ2n) is 11.0. The molecule has 3 aromatic carbocycles. The Bertz CT molecular complexity index is 1890. The molecule has 0 saturated heterocycles. The van der Waals surface area contributed by atoms with E-state index in [1.807, 2.05) is 36.4 Å². The van der Waals surface area contributed by atoms with Gasteiger partial charge < -0.3 is 0 Å². The van der Waals surface area contributed by atoms with Gasteiger partial charge in [0.2, 0.25) is 0 Å². The van der Waals surface area contributed by atoms with Gasteiger partial charge in [0.05, 0.1) is 0 Å². The smallest absolute Gasteiger partial charge is 0.182 e. The van der Waals surface area contributed by atoms with E-state index < -0.39 is 0 Å². The number of nitrogens with zero attached hydrogens (tertiary/aromatic N) is 5. The van der Waals surface area contributed by atoms with E-state index in [0.717, 1.165) is 12.0 Å². The molecule has 0 saturated carbocycles. The van der Waals surface area contributed by atoms with Crippen LogP contribution in [0.15, 0.2) is 103 Å². The zero-order valence-corrected chi connectivity index (χ0v) is 22.3. The Labute approximate surface area is 232 Å². The van der Waals surface area contributed by atoms with Crippen LogP contribution in [0, 0.1) is 0 Å². The first-order valence-electron chi connectivity index (χ1n) is 13.6. The molecule has 5 nitrogen and oxygen atoms in total. The number of pyridine rings is 2. The van der Waals surface area contributed by atoms with E-state index in [0.29, 0.717) is 28.9 Å².